The minimum absolute atomic E-state index is 0.00428. The van der Waals surface area contributed by atoms with Crippen molar-refractivity contribution in [2.45, 2.75) is 32.6 Å². The van der Waals surface area contributed by atoms with Crippen molar-refractivity contribution >= 4 is 33.2 Å². The monoisotopic (exact) mass is 479 g/mol. The van der Waals surface area contributed by atoms with Gasteiger partial charge in [0.05, 0.1) is 16.1 Å². The van der Waals surface area contributed by atoms with Crippen LogP contribution in [0, 0.1) is 19.8 Å². The lowest BCUT2D eigenvalue weighted by Gasteiger charge is -2.14. The van der Waals surface area contributed by atoms with E-state index in [1.807, 2.05) is 26.8 Å². The number of hydrogen-bond donors (Lipinski definition) is 3. The topological polar surface area (TPSA) is 104 Å². The van der Waals surface area contributed by atoms with E-state index in [0.717, 1.165) is 5.56 Å². The van der Waals surface area contributed by atoms with Gasteiger partial charge in [-0.25, -0.2) is 8.42 Å². The number of benzene rings is 3. The van der Waals surface area contributed by atoms with Crippen LogP contribution in [0.15, 0.2) is 71.6 Å². The Morgan fingerprint density at radius 2 is 1.62 bits per heavy atom. The second-order valence-electron chi connectivity index (χ2n) is 8.56. The van der Waals surface area contributed by atoms with E-state index < -0.39 is 15.9 Å². The van der Waals surface area contributed by atoms with Crippen molar-refractivity contribution < 1.29 is 18.0 Å². The highest BCUT2D eigenvalue weighted by atomic mass is 32.2. The zero-order chi connectivity index (χ0) is 24.9. The Labute approximate surface area is 200 Å². The number of para-hydroxylation sites is 1. The number of carbonyl (C=O) groups is 2. The molecule has 0 aliphatic rings. The van der Waals surface area contributed by atoms with Crippen LogP contribution in [0.25, 0.3) is 0 Å². The number of aryl methyl sites for hydroxylation is 2. The Bertz CT molecular complexity index is 1320. The minimum Gasteiger partial charge on any atom is -0.352 e. The molecule has 3 aromatic rings. The number of hydrogen-bond acceptors (Lipinski definition) is 4. The van der Waals surface area contributed by atoms with Gasteiger partial charge in [-0.2, -0.15) is 0 Å². The van der Waals surface area contributed by atoms with Crippen LogP contribution in [0.1, 0.15) is 45.7 Å². The number of nitrogens with one attached hydrogen (secondary N) is 3. The third-order valence-electron chi connectivity index (χ3n) is 5.10. The van der Waals surface area contributed by atoms with Gasteiger partial charge in [0, 0.05) is 17.8 Å². The first-order valence-corrected chi connectivity index (χ1v) is 12.4. The summed E-state index contributed by atoms with van der Waals surface area (Å²) in [6, 6.07) is 18.2. The van der Waals surface area contributed by atoms with Crippen LogP contribution in [0.3, 0.4) is 0 Å². The number of carbonyl (C=O) groups excluding carboxylic acids is 2. The number of sulfonamides is 1. The molecule has 34 heavy (non-hydrogen) atoms. The van der Waals surface area contributed by atoms with E-state index in [9.17, 15) is 18.0 Å². The van der Waals surface area contributed by atoms with Crippen molar-refractivity contribution in [3.8, 4) is 0 Å². The molecule has 0 saturated heterocycles. The van der Waals surface area contributed by atoms with Gasteiger partial charge < -0.3 is 10.6 Å². The van der Waals surface area contributed by atoms with E-state index in [2.05, 4.69) is 15.4 Å². The average Bonchev–Trinajstić information content (AvgIpc) is 2.77. The molecule has 0 saturated carbocycles. The zero-order valence-corrected chi connectivity index (χ0v) is 20.5. The van der Waals surface area contributed by atoms with Gasteiger partial charge in [-0.05, 0) is 67.3 Å². The van der Waals surface area contributed by atoms with Crippen LogP contribution < -0.4 is 15.4 Å². The van der Waals surface area contributed by atoms with Gasteiger partial charge in [-0.3, -0.25) is 14.3 Å². The predicted molar refractivity (Wildman–Crippen MR) is 135 cm³/mol. The van der Waals surface area contributed by atoms with Crippen molar-refractivity contribution in [1.29, 1.82) is 0 Å². The Kier molecular flexibility index (Phi) is 7.73. The summed E-state index contributed by atoms with van der Waals surface area (Å²) in [6.07, 6.45) is 0. The van der Waals surface area contributed by atoms with Gasteiger partial charge in [-0.15, -0.1) is 0 Å². The normalized spacial score (nSPS) is 11.2. The molecule has 0 atom stereocenters. The molecule has 0 radical (unpaired) electrons. The molecular weight excluding hydrogens is 450 g/mol. The number of rotatable bonds is 8. The fourth-order valence-electron chi connectivity index (χ4n) is 3.33. The van der Waals surface area contributed by atoms with Gasteiger partial charge in [0.2, 0.25) is 0 Å². The maximum absolute atomic E-state index is 13.0. The van der Waals surface area contributed by atoms with Gasteiger partial charge in [-0.1, -0.05) is 44.2 Å². The van der Waals surface area contributed by atoms with Crippen molar-refractivity contribution in [2.24, 2.45) is 5.92 Å². The summed E-state index contributed by atoms with van der Waals surface area (Å²) < 4.78 is 28.6. The molecule has 0 spiro atoms. The first-order valence-electron chi connectivity index (χ1n) is 11.0. The number of anilines is 2. The highest BCUT2D eigenvalue weighted by Crippen LogP contribution is 2.23. The van der Waals surface area contributed by atoms with Crippen molar-refractivity contribution in [2.75, 3.05) is 16.6 Å². The van der Waals surface area contributed by atoms with E-state index >= 15 is 0 Å². The van der Waals surface area contributed by atoms with Crippen molar-refractivity contribution in [1.82, 2.24) is 5.32 Å². The lowest BCUT2D eigenvalue weighted by molar-refractivity contribution is 0.0950. The van der Waals surface area contributed by atoms with Crippen LogP contribution in [-0.4, -0.2) is 26.8 Å². The molecule has 0 fully saturated rings. The van der Waals surface area contributed by atoms with Gasteiger partial charge in [0.1, 0.15) is 0 Å². The van der Waals surface area contributed by atoms with E-state index in [-0.39, 0.29) is 22.3 Å². The van der Waals surface area contributed by atoms with Crippen LogP contribution >= 0.6 is 0 Å². The van der Waals surface area contributed by atoms with Crippen molar-refractivity contribution in [3.05, 3.63) is 89.0 Å². The molecule has 0 aliphatic carbocycles. The molecule has 0 bridgehead atoms. The molecule has 0 heterocycles. The summed E-state index contributed by atoms with van der Waals surface area (Å²) in [5.41, 5.74) is 2.70. The Morgan fingerprint density at radius 1 is 0.882 bits per heavy atom. The molecule has 178 valence electrons. The zero-order valence-electron chi connectivity index (χ0n) is 19.7. The molecule has 3 aromatic carbocycles. The second kappa shape index (κ2) is 10.5. The summed E-state index contributed by atoms with van der Waals surface area (Å²) >= 11 is 0. The second-order valence-corrected chi connectivity index (χ2v) is 10.2. The quantitative estimate of drug-likeness (QED) is 0.434. The molecule has 3 N–H and O–H groups in total. The smallest absolute Gasteiger partial charge is 0.262 e. The Hall–Kier alpha value is -3.65. The van der Waals surface area contributed by atoms with E-state index in [1.54, 1.807) is 61.5 Å². The fraction of sp³-hybridized carbons (Fsp3) is 0.231. The predicted octanol–water partition coefficient (Wildman–Crippen LogP) is 4.74. The summed E-state index contributed by atoms with van der Waals surface area (Å²) in [4.78, 5) is 25.6. The summed E-state index contributed by atoms with van der Waals surface area (Å²) in [7, 11) is -3.92. The first-order chi connectivity index (χ1) is 16.1. The third kappa shape index (κ3) is 6.23. The molecule has 8 heteroatoms. The number of amides is 2. The van der Waals surface area contributed by atoms with E-state index in [4.69, 9.17) is 0 Å². The van der Waals surface area contributed by atoms with E-state index in [1.165, 1.54) is 6.07 Å². The highest BCUT2D eigenvalue weighted by molar-refractivity contribution is 7.92. The van der Waals surface area contributed by atoms with Crippen LogP contribution in [0.5, 0.6) is 0 Å². The summed E-state index contributed by atoms with van der Waals surface area (Å²) in [6.45, 7) is 8.03. The fourth-order valence-corrected chi connectivity index (χ4v) is 4.65. The Morgan fingerprint density at radius 3 is 2.32 bits per heavy atom. The molecule has 3 rings (SSSR count). The van der Waals surface area contributed by atoms with E-state index in [0.29, 0.717) is 29.0 Å². The van der Waals surface area contributed by atoms with Crippen LogP contribution in [0.2, 0.25) is 0 Å². The maximum Gasteiger partial charge on any atom is 0.262 e. The summed E-state index contributed by atoms with van der Waals surface area (Å²) in [5, 5.41) is 5.57. The van der Waals surface area contributed by atoms with Gasteiger partial charge >= 0.3 is 0 Å². The molecule has 0 aliphatic heterocycles. The van der Waals surface area contributed by atoms with Crippen molar-refractivity contribution in [3.63, 3.8) is 0 Å². The highest BCUT2D eigenvalue weighted by Gasteiger charge is 2.20. The average molecular weight is 480 g/mol. The van der Waals surface area contributed by atoms with Crippen LogP contribution in [-0.2, 0) is 10.0 Å². The standard InChI is InChI=1S/C26H29N3O4S/c1-17(2)16-27-26(31)22-10-5-6-11-23(22)28-25(30)20-13-12-19(4)24(15-20)34(32,33)29-21-9-7-8-18(3)14-21/h5-15,17,29H,16H2,1-4H3,(H,27,31)(H,28,30). The molecule has 2 amide bonds. The molecule has 7 nitrogen and oxygen atoms in total. The lowest BCUT2D eigenvalue weighted by Crippen LogP contribution is -2.28. The van der Waals surface area contributed by atoms with Gasteiger partial charge in [0.25, 0.3) is 21.8 Å². The molecular formula is C26H29N3O4S. The minimum atomic E-state index is -3.92. The summed E-state index contributed by atoms with van der Waals surface area (Å²) in [5.74, 6) is -0.526. The van der Waals surface area contributed by atoms with Gasteiger partial charge in [0.15, 0.2) is 0 Å². The maximum atomic E-state index is 13.0. The third-order valence-corrected chi connectivity index (χ3v) is 6.62. The molecule has 0 aromatic heterocycles. The lowest BCUT2D eigenvalue weighted by atomic mass is 10.1. The van der Waals surface area contributed by atoms with Crippen LogP contribution in [0.4, 0.5) is 11.4 Å². The SMILES string of the molecule is Cc1cccc(NS(=O)(=O)c2cc(C(=O)Nc3ccccc3C(=O)NCC(C)C)ccc2C)c1. The first kappa shape index (κ1) is 25.0. The Balaban J connectivity index is 1.85. The largest absolute Gasteiger partial charge is 0.352 e. The molecule has 0 unspecified atom stereocenters.